The standard InChI is InChI=1S/C22H19Cl2N5O2/c1-15-4-2-5-16(10-15)12-29-13-17(11-25-29)26-22(30)19-8-9-28(27-19)14-31-20-7-3-6-18(23)21(20)24/h2-11,13H,12,14H2,1H3,(H,26,30). The third-order valence-corrected chi connectivity index (χ3v) is 5.26. The quantitative estimate of drug-likeness (QED) is 0.423. The molecule has 0 bridgehead atoms. The highest BCUT2D eigenvalue weighted by atomic mass is 35.5. The van der Waals surface area contributed by atoms with E-state index in [2.05, 4.69) is 21.6 Å². The number of nitrogens with zero attached hydrogens (tertiary/aromatic N) is 4. The fourth-order valence-electron chi connectivity index (χ4n) is 2.99. The first kappa shape index (κ1) is 21.0. The van der Waals surface area contributed by atoms with E-state index < -0.39 is 0 Å². The van der Waals surface area contributed by atoms with Crippen LogP contribution in [0.1, 0.15) is 21.6 Å². The van der Waals surface area contributed by atoms with E-state index in [1.807, 2.05) is 25.1 Å². The van der Waals surface area contributed by atoms with Crippen molar-refractivity contribution in [1.82, 2.24) is 19.6 Å². The monoisotopic (exact) mass is 455 g/mol. The molecule has 0 fully saturated rings. The predicted octanol–water partition coefficient (Wildman–Crippen LogP) is 5.03. The number of nitrogens with one attached hydrogen (secondary N) is 1. The predicted molar refractivity (Wildman–Crippen MR) is 120 cm³/mol. The average Bonchev–Trinajstić information content (AvgIpc) is 3.39. The smallest absolute Gasteiger partial charge is 0.276 e. The molecule has 31 heavy (non-hydrogen) atoms. The van der Waals surface area contributed by atoms with Crippen LogP contribution in [0.25, 0.3) is 0 Å². The number of carbonyl (C=O) groups is 1. The van der Waals surface area contributed by atoms with Crippen LogP contribution < -0.4 is 10.1 Å². The minimum Gasteiger partial charge on any atom is -0.470 e. The number of aryl methyl sites for hydroxylation is 1. The van der Waals surface area contributed by atoms with E-state index in [4.69, 9.17) is 27.9 Å². The topological polar surface area (TPSA) is 74.0 Å². The van der Waals surface area contributed by atoms with Crippen molar-refractivity contribution >= 4 is 34.8 Å². The fraction of sp³-hybridized carbons (Fsp3) is 0.136. The number of carbonyl (C=O) groups excluding carboxylic acids is 1. The Balaban J connectivity index is 1.35. The van der Waals surface area contributed by atoms with Crippen molar-refractivity contribution in [3.8, 4) is 5.75 Å². The Bertz CT molecular complexity index is 1220. The van der Waals surface area contributed by atoms with Crippen LogP contribution in [0, 0.1) is 6.92 Å². The highest BCUT2D eigenvalue weighted by molar-refractivity contribution is 6.42. The number of hydrogen-bond acceptors (Lipinski definition) is 4. The van der Waals surface area contributed by atoms with Crippen LogP contribution in [-0.4, -0.2) is 25.5 Å². The molecule has 7 nitrogen and oxygen atoms in total. The van der Waals surface area contributed by atoms with Gasteiger partial charge in [0.1, 0.15) is 10.8 Å². The van der Waals surface area contributed by atoms with Crippen LogP contribution in [0.2, 0.25) is 10.0 Å². The summed E-state index contributed by atoms with van der Waals surface area (Å²) in [6.45, 7) is 2.75. The van der Waals surface area contributed by atoms with Crippen molar-refractivity contribution in [2.45, 2.75) is 20.2 Å². The summed E-state index contributed by atoms with van der Waals surface area (Å²) in [4.78, 5) is 12.5. The van der Waals surface area contributed by atoms with Crippen LogP contribution >= 0.6 is 23.2 Å². The van der Waals surface area contributed by atoms with Gasteiger partial charge in [-0.25, -0.2) is 4.68 Å². The summed E-state index contributed by atoms with van der Waals surface area (Å²) in [7, 11) is 0. The summed E-state index contributed by atoms with van der Waals surface area (Å²) in [5.41, 5.74) is 3.18. The summed E-state index contributed by atoms with van der Waals surface area (Å²) >= 11 is 12.1. The maximum Gasteiger partial charge on any atom is 0.276 e. The van der Waals surface area contributed by atoms with Crippen LogP contribution in [0.15, 0.2) is 67.1 Å². The molecule has 0 aliphatic carbocycles. The number of rotatable bonds is 7. The van der Waals surface area contributed by atoms with Crippen LogP contribution in [0.4, 0.5) is 5.69 Å². The lowest BCUT2D eigenvalue weighted by Crippen LogP contribution is -2.14. The van der Waals surface area contributed by atoms with Crippen molar-refractivity contribution in [2.75, 3.05) is 5.32 Å². The molecule has 0 spiro atoms. The number of anilines is 1. The van der Waals surface area contributed by atoms with Crippen LogP contribution in [0.3, 0.4) is 0 Å². The van der Waals surface area contributed by atoms with Gasteiger partial charge in [-0.2, -0.15) is 10.2 Å². The second-order valence-electron chi connectivity index (χ2n) is 6.94. The summed E-state index contributed by atoms with van der Waals surface area (Å²) in [6.07, 6.45) is 5.03. The van der Waals surface area contributed by atoms with Crippen molar-refractivity contribution in [3.63, 3.8) is 0 Å². The number of ether oxygens (including phenoxy) is 1. The zero-order chi connectivity index (χ0) is 21.8. The van der Waals surface area contributed by atoms with Gasteiger partial charge in [0.2, 0.25) is 0 Å². The van der Waals surface area contributed by atoms with Crippen LogP contribution in [0.5, 0.6) is 5.75 Å². The van der Waals surface area contributed by atoms with Crippen molar-refractivity contribution < 1.29 is 9.53 Å². The zero-order valence-corrected chi connectivity index (χ0v) is 18.1. The van der Waals surface area contributed by atoms with Gasteiger partial charge in [0.05, 0.1) is 23.5 Å². The van der Waals surface area contributed by atoms with Gasteiger partial charge < -0.3 is 10.1 Å². The Morgan fingerprint density at radius 1 is 1.13 bits per heavy atom. The molecule has 0 saturated carbocycles. The Hall–Kier alpha value is -3.29. The molecule has 0 radical (unpaired) electrons. The second kappa shape index (κ2) is 9.24. The lowest BCUT2D eigenvalue weighted by molar-refractivity contribution is 0.102. The Morgan fingerprint density at radius 2 is 1.97 bits per heavy atom. The third-order valence-electron chi connectivity index (χ3n) is 4.46. The number of benzene rings is 2. The minimum absolute atomic E-state index is 0.0851. The summed E-state index contributed by atoms with van der Waals surface area (Å²) in [5, 5.41) is 12.1. The zero-order valence-electron chi connectivity index (χ0n) is 16.6. The number of hydrogen-bond donors (Lipinski definition) is 1. The molecular formula is C22H19Cl2N5O2. The van der Waals surface area contributed by atoms with E-state index in [-0.39, 0.29) is 18.3 Å². The van der Waals surface area contributed by atoms with E-state index in [9.17, 15) is 4.79 Å². The maximum atomic E-state index is 12.5. The molecule has 2 heterocycles. The van der Waals surface area contributed by atoms with Gasteiger partial charge in [-0.15, -0.1) is 0 Å². The average molecular weight is 456 g/mol. The Kier molecular flexibility index (Phi) is 6.25. The molecule has 0 saturated heterocycles. The van der Waals surface area contributed by atoms with Gasteiger partial charge in [-0.1, -0.05) is 59.1 Å². The van der Waals surface area contributed by atoms with E-state index in [1.165, 1.54) is 10.2 Å². The van der Waals surface area contributed by atoms with Gasteiger partial charge in [0.25, 0.3) is 5.91 Å². The summed E-state index contributed by atoms with van der Waals surface area (Å²) in [6, 6.07) is 14.9. The third kappa shape index (κ3) is 5.25. The fourth-order valence-corrected chi connectivity index (χ4v) is 3.34. The first-order valence-electron chi connectivity index (χ1n) is 9.47. The number of halogens is 2. The van der Waals surface area contributed by atoms with Gasteiger partial charge in [-0.3, -0.25) is 9.48 Å². The SMILES string of the molecule is Cc1cccc(Cn2cc(NC(=O)c3ccn(COc4cccc(Cl)c4Cl)n3)cn2)c1. The molecule has 1 N–H and O–H groups in total. The molecule has 0 aliphatic rings. The highest BCUT2D eigenvalue weighted by Crippen LogP contribution is 2.31. The first-order valence-corrected chi connectivity index (χ1v) is 10.2. The lowest BCUT2D eigenvalue weighted by Gasteiger charge is -2.08. The molecule has 4 rings (SSSR count). The minimum atomic E-state index is -0.338. The van der Waals surface area contributed by atoms with E-state index in [0.717, 1.165) is 5.56 Å². The molecule has 2 aromatic carbocycles. The largest absolute Gasteiger partial charge is 0.470 e. The molecule has 1 amide bonds. The Labute approximate surface area is 189 Å². The van der Waals surface area contributed by atoms with Crippen molar-refractivity contribution in [1.29, 1.82) is 0 Å². The number of amides is 1. The normalized spacial score (nSPS) is 10.8. The molecule has 0 aliphatic heterocycles. The second-order valence-corrected chi connectivity index (χ2v) is 7.72. The lowest BCUT2D eigenvalue weighted by atomic mass is 10.1. The van der Waals surface area contributed by atoms with Crippen molar-refractivity contribution in [2.24, 2.45) is 0 Å². The van der Waals surface area contributed by atoms with E-state index >= 15 is 0 Å². The molecule has 4 aromatic rings. The summed E-state index contributed by atoms with van der Waals surface area (Å²) < 4.78 is 8.89. The molecule has 0 atom stereocenters. The highest BCUT2D eigenvalue weighted by Gasteiger charge is 2.12. The molecule has 0 unspecified atom stereocenters. The van der Waals surface area contributed by atoms with E-state index in [0.29, 0.717) is 28.0 Å². The van der Waals surface area contributed by atoms with Crippen LogP contribution in [-0.2, 0) is 13.3 Å². The van der Waals surface area contributed by atoms with Gasteiger partial charge >= 0.3 is 0 Å². The summed E-state index contributed by atoms with van der Waals surface area (Å²) in [5.74, 6) is 0.103. The Morgan fingerprint density at radius 3 is 2.81 bits per heavy atom. The van der Waals surface area contributed by atoms with Crippen molar-refractivity contribution in [3.05, 3.63) is 94.0 Å². The maximum absolute atomic E-state index is 12.5. The van der Waals surface area contributed by atoms with Gasteiger partial charge in [-0.05, 0) is 30.7 Å². The first-order chi connectivity index (χ1) is 15.0. The molecule has 2 aromatic heterocycles. The number of aromatic nitrogens is 4. The van der Waals surface area contributed by atoms with Gasteiger partial charge in [0.15, 0.2) is 12.4 Å². The van der Waals surface area contributed by atoms with Gasteiger partial charge in [0, 0.05) is 12.4 Å². The van der Waals surface area contributed by atoms with E-state index in [1.54, 1.807) is 47.5 Å². The molecule has 158 valence electrons. The molecule has 9 heteroatoms. The molecular weight excluding hydrogens is 437 g/mol.